The molecule has 1 unspecified atom stereocenters. The number of carboxylic acids is 1. The van der Waals surface area contributed by atoms with E-state index < -0.39 is 35.4 Å². The van der Waals surface area contributed by atoms with Crippen molar-refractivity contribution in [3.05, 3.63) is 57.5 Å². The molecule has 1 aliphatic rings. The number of nitrogens with zero attached hydrogens (tertiary/aromatic N) is 1. The Hall–Kier alpha value is -3.37. The fourth-order valence-corrected chi connectivity index (χ4v) is 3.44. The number of nitrogen functional groups attached to an aromatic ring is 1. The molecule has 0 radical (unpaired) electrons. The fraction of sp³-hybridized carbons (Fsp3) is 0.300. The van der Waals surface area contributed by atoms with Gasteiger partial charge in [-0.15, -0.1) is 0 Å². The molecular formula is C20H22ClN5O5. The number of hydrogen-bond acceptors (Lipinski definition) is 6. The van der Waals surface area contributed by atoms with Crippen molar-refractivity contribution >= 4 is 40.8 Å². The van der Waals surface area contributed by atoms with Crippen LogP contribution >= 0.6 is 11.6 Å². The van der Waals surface area contributed by atoms with Gasteiger partial charge in [0.25, 0.3) is 11.5 Å². The van der Waals surface area contributed by atoms with Gasteiger partial charge in [-0.3, -0.25) is 19.2 Å². The summed E-state index contributed by atoms with van der Waals surface area (Å²) < 4.78 is 1.19. The summed E-state index contributed by atoms with van der Waals surface area (Å²) >= 11 is 5.94. The maximum atomic E-state index is 12.8. The van der Waals surface area contributed by atoms with Crippen LogP contribution in [0.25, 0.3) is 0 Å². The van der Waals surface area contributed by atoms with Gasteiger partial charge in [0, 0.05) is 24.3 Å². The van der Waals surface area contributed by atoms with Crippen LogP contribution in [-0.4, -0.2) is 46.1 Å². The topological polar surface area (TPSA) is 156 Å². The van der Waals surface area contributed by atoms with Gasteiger partial charge >= 0.3 is 5.97 Å². The first-order chi connectivity index (χ1) is 14.7. The zero-order valence-electron chi connectivity index (χ0n) is 16.6. The number of carbonyl (C=O) groups excluding carboxylic acids is 2. The molecule has 1 aliphatic heterocycles. The van der Waals surface area contributed by atoms with E-state index in [-0.39, 0.29) is 28.7 Å². The van der Waals surface area contributed by atoms with Gasteiger partial charge in [0.15, 0.2) is 0 Å². The molecule has 11 heteroatoms. The predicted octanol–water partition coefficient (Wildman–Crippen LogP) is 0.829. The number of aliphatic carboxylic acids is 1. The smallest absolute Gasteiger partial charge is 0.320 e. The Bertz CT molecular complexity index is 1090. The number of benzene rings is 1. The lowest BCUT2D eigenvalue weighted by Crippen LogP contribution is -2.42. The number of nitrogens with two attached hydrogens (primary N) is 1. The number of amides is 2. The molecule has 2 aromatic rings. The van der Waals surface area contributed by atoms with Crippen molar-refractivity contribution in [1.29, 1.82) is 0 Å². The third-order valence-electron chi connectivity index (χ3n) is 5.06. The van der Waals surface area contributed by atoms with Crippen LogP contribution in [0, 0.1) is 0 Å². The highest BCUT2D eigenvalue weighted by Crippen LogP contribution is 2.20. The molecule has 0 bridgehead atoms. The first-order valence-electron chi connectivity index (χ1n) is 9.51. The van der Waals surface area contributed by atoms with E-state index in [2.05, 4.69) is 16.0 Å². The van der Waals surface area contributed by atoms with Gasteiger partial charge in [0.05, 0.1) is 10.7 Å². The third-order valence-corrected chi connectivity index (χ3v) is 5.38. The van der Waals surface area contributed by atoms with Crippen LogP contribution in [-0.2, 0) is 9.59 Å². The number of rotatable bonds is 6. The first kappa shape index (κ1) is 22.3. The van der Waals surface area contributed by atoms with Crippen LogP contribution < -0.4 is 27.2 Å². The molecule has 0 spiro atoms. The lowest BCUT2D eigenvalue weighted by atomic mass is 10.1. The number of anilines is 2. The summed E-state index contributed by atoms with van der Waals surface area (Å²) in [5.74, 6) is -1.97. The minimum Gasteiger partial charge on any atom is -0.480 e. The highest BCUT2D eigenvalue weighted by molar-refractivity contribution is 6.33. The molecule has 1 aromatic heterocycles. The van der Waals surface area contributed by atoms with Crippen molar-refractivity contribution < 1.29 is 19.5 Å². The van der Waals surface area contributed by atoms with E-state index in [0.29, 0.717) is 12.2 Å². The summed E-state index contributed by atoms with van der Waals surface area (Å²) in [5.41, 5.74) is 5.62. The molecule has 0 saturated carbocycles. The number of aromatic nitrogens is 1. The molecular weight excluding hydrogens is 426 g/mol. The van der Waals surface area contributed by atoms with E-state index in [4.69, 9.17) is 22.4 Å². The van der Waals surface area contributed by atoms with Crippen LogP contribution in [0.2, 0.25) is 5.02 Å². The SMILES string of the molecule is CC(C(=O)N[C@H]1CN[C@H](C(=O)O)C1)n1cccc(NC(=O)c2ccc(N)c(Cl)c2)c1=O. The van der Waals surface area contributed by atoms with Crippen molar-refractivity contribution in [1.82, 2.24) is 15.2 Å². The first-order valence-corrected chi connectivity index (χ1v) is 9.89. The Morgan fingerprint density at radius 2 is 2.06 bits per heavy atom. The van der Waals surface area contributed by atoms with E-state index in [0.717, 1.165) is 0 Å². The molecule has 6 N–H and O–H groups in total. The molecule has 164 valence electrons. The summed E-state index contributed by atoms with van der Waals surface area (Å²) in [5, 5.41) is 17.3. The zero-order chi connectivity index (χ0) is 22.7. The monoisotopic (exact) mass is 447 g/mol. The third kappa shape index (κ3) is 5.04. The average molecular weight is 448 g/mol. The van der Waals surface area contributed by atoms with Gasteiger partial charge in [0.2, 0.25) is 5.91 Å². The standard InChI is InChI=1S/C20H22ClN5O5/c1-10(17(27)24-12-8-16(20(30)31)23-9-12)26-6-2-3-15(19(26)29)25-18(28)11-4-5-14(22)13(21)7-11/h2-7,10,12,16,23H,8-9,22H2,1H3,(H,24,27)(H,25,28)(H,30,31)/t10?,12-,16+/m1/s1. The maximum absolute atomic E-state index is 12.8. The van der Waals surface area contributed by atoms with Gasteiger partial charge in [-0.25, -0.2) is 0 Å². The largest absolute Gasteiger partial charge is 0.480 e. The van der Waals surface area contributed by atoms with Crippen molar-refractivity contribution in [2.24, 2.45) is 0 Å². The minimum atomic E-state index is -0.980. The maximum Gasteiger partial charge on any atom is 0.320 e. The van der Waals surface area contributed by atoms with E-state index in [9.17, 15) is 19.2 Å². The molecule has 3 rings (SSSR count). The molecule has 31 heavy (non-hydrogen) atoms. The number of nitrogens with one attached hydrogen (secondary N) is 3. The Labute approximate surface area is 182 Å². The average Bonchev–Trinajstić information content (AvgIpc) is 3.20. The van der Waals surface area contributed by atoms with Gasteiger partial charge in [-0.2, -0.15) is 0 Å². The van der Waals surface area contributed by atoms with Gasteiger partial charge in [-0.1, -0.05) is 11.6 Å². The number of hydrogen-bond donors (Lipinski definition) is 5. The van der Waals surface area contributed by atoms with Gasteiger partial charge < -0.3 is 31.4 Å². The minimum absolute atomic E-state index is 0.00595. The second kappa shape index (κ2) is 9.19. The summed E-state index contributed by atoms with van der Waals surface area (Å²) in [6.07, 6.45) is 1.69. The Morgan fingerprint density at radius 1 is 1.32 bits per heavy atom. The highest BCUT2D eigenvalue weighted by atomic mass is 35.5. The van der Waals surface area contributed by atoms with E-state index in [1.54, 1.807) is 6.92 Å². The van der Waals surface area contributed by atoms with Gasteiger partial charge in [-0.05, 0) is 43.7 Å². The van der Waals surface area contributed by atoms with Crippen LogP contribution in [0.3, 0.4) is 0 Å². The van der Waals surface area contributed by atoms with Gasteiger partial charge in [0.1, 0.15) is 17.8 Å². The van der Waals surface area contributed by atoms with E-state index in [1.807, 2.05) is 0 Å². The van der Waals surface area contributed by atoms with Crippen LogP contribution in [0.5, 0.6) is 0 Å². The molecule has 10 nitrogen and oxygen atoms in total. The van der Waals surface area contributed by atoms with Crippen molar-refractivity contribution in [2.45, 2.75) is 31.5 Å². The molecule has 1 saturated heterocycles. The summed E-state index contributed by atoms with van der Waals surface area (Å²) in [7, 11) is 0. The molecule has 2 amide bonds. The number of carbonyl (C=O) groups is 3. The van der Waals surface area contributed by atoms with Crippen molar-refractivity contribution in [3.8, 4) is 0 Å². The van der Waals surface area contributed by atoms with Crippen LogP contribution in [0.4, 0.5) is 11.4 Å². The van der Waals surface area contributed by atoms with E-state index in [1.165, 1.54) is 41.1 Å². The number of halogens is 1. The number of pyridine rings is 1. The second-order valence-corrected chi connectivity index (χ2v) is 7.65. The van der Waals surface area contributed by atoms with Crippen LogP contribution in [0.1, 0.15) is 29.7 Å². The highest BCUT2D eigenvalue weighted by Gasteiger charge is 2.31. The summed E-state index contributed by atoms with van der Waals surface area (Å²) in [6, 6.07) is 5.37. The van der Waals surface area contributed by atoms with Crippen molar-refractivity contribution in [2.75, 3.05) is 17.6 Å². The normalized spacial score (nSPS) is 18.9. The van der Waals surface area contributed by atoms with Crippen molar-refractivity contribution in [3.63, 3.8) is 0 Å². The Balaban J connectivity index is 1.71. The van der Waals surface area contributed by atoms with Crippen LogP contribution in [0.15, 0.2) is 41.3 Å². The predicted molar refractivity (Wildman–Crippen MR) is 115 cm³/mol. The lowest BCUT2D eigenvalue weighted by Gasteiger charge is -2.19. The molecule has 1 fully saturated rings. The Morgan fingerprint density at radius 3 is 2.71 bits per heavy atom. The molecule has 3 atom stereocenters. The summed E-state index contributed by atoms with van der Waals surface area (Å²) in [6.45, 7) is 1.86. The lowest BCUT2D eigenvalue weighted by molar-refractivity contribution is -0.139. The molecule has 1 aromatic carbocycles. The quantitative estimate of drug-likeness (QED) is 0.410. The second-order valence-electron chi connectivity index (χ2n) is 7.24. The number of carboxylic acid groups (broad SMARTS) is 1. The molecule has 0 aliphatic carbocycles. The molecule has 2 heterocycles. The fourth-order valence-electron chi connectivity index (χ4n) is 3.25. The Kier molecular flexibility index (Phi) is 6.62. The zero-order valence-corrected chi connectivity index (χ0v) is 17.3. The van der Waals surface area contributed by atoms with E-state index >= 15 is 0 Å². The summed E-state index contributed by atoms with van der Waals surface area (Å²) in [4.78, 5) is 48.9.